The minimum Gasteiger partial charge on any atom is -0.377 e. The molecule has 0 aliphatic heterocycles. The van der Waals surface area contributed by atoms with Crippen LogP contribution < -0.4 is 0 Å². The van der Waals surface area contributed by atoms with Gasteiger partial charge in [0, 0.05) is 0 Å². The molecule has 62 valence electrons. The zero-order chi connectivity index (χ0) is 8.58. The van der Waals surface area contributed by atoms with Gasteiger partial charge >= 0.3 is 0 Å². The van der Waals surface area contributed by atoms with Gasteiger partial charge in [0.05, 0.1) is 10.8 Å². The van der Waals surface area contributed by atoms with Gasteiger partial charge in [-0.2, -0.15) is 0 Å². The van der Waals surface area contributed by atoms with E-state index in [1.54, 1.807) is 0 Å². The van der Waals surface area contributed by atoms with E-state index >= 15 is 0 Å². The predicted octanol–water partition coefficient (Wildman–Crippen LogP) is 0.192. The summed E-state index contributed by atoms with van der Waals surface area (Å²) in [6, 6.07) is 0. The molecule has 0 radical (unpaired) electrons. The molecule has 0 saturated heterocycles. The molecule has 0 fully saturated rings. The van der Waals surface area contributed by atoms with Gasteiger partial charge in [0.2, 0.25) is 0 Å². The van der Waals surface area contributed by atoms with Gasteiger partial charge in [0.1, 0.15) is 9.87 Å². The molecular weight excluding hydrogens is 152 g/mol. The molecule has 0 rings (SSSR count). The van der Waals surface area contributed by atoms with Crippen molar-refractivity contribution in [3.8, 4) is 0 Å². The standard InChI is InChI=1S/C6H14O3S/c1-5(2,7)10(9)6(3,4)8/h7-8H,1-4H3. The van der Waals surface area contributed by atoms with E-state index in [-0.39, 0.29) is 0 Å². The van der Waals surface area contributed by atoms with Gasteiger partial charge in [-0.3, -0.25) is 4.21 Å². The lowest BCUT2D eigenvalue weighted by Gasteiger charge is -2.25. The van der Waals surface area contributed by atoms with E-state index in [1.807, 2.05) is 0 Å². The predicted molar refractivity (Wildman–Crippen MR) is 40.7 cm³/mol. The van der Waals surface area contributed by atoms with Crippen LogP contribution in [0, 0.1) is 0 Å². The topological polar surface area (TPSA) is 57.5 Å². The first-order valence-electron chi connectivity index (χ1n) is 3.02. The van der Waals surface area contributed by atoms with Crippen LogP contribution >= 0.6 is 0 Å². The molecule has 0 saturated carbocycles. The summed E-state index contributed by atoms with van der Waals surface area (Å²) in [5, 5.41) is 18.3. The van der Waals surface area contributed by atoms with E-state index in [2.05, 4.69) is 0 Å². The van der Waals surface area contributed by atoms with E-state index in [0.29, 0.717) is 0 Å². The molecule has 2 N–H and O–H groups in total. The van der Waals surface area contributed by atoms with Gasteiger partial charge in [0.25, 0.3) is 0 Å². The van der Waals surface area contributed by atoms with Crippen molar-refractivity contribution in [3.05, 3.63) is 0 Å². The molecule has 0 aliphatic carbocycles. The highest BCUT2D eigenvalue weighted by molar-refractivity contribution is 7.87. The molecule has 4 heteroatoms. The first-order valence-corrected chi connectivity index (χ1v) is 4.17. The highest BCUT2D eigenvalue weighted by Crippen LogP contribution is 2.19. The Morgan fingerprint density at radius 1 is 1.00 bits per heavy atom. The van der Waals surface area contributed by atoms with Crippen LogP contribution in [-0.2, 0) is 10.8 Å². The molecule has 0 amide bonds. The molecule has 0 aliphatic rings. The second-order valence-electron chi connectivity index (χ2n) is 3.16. The average molecular weight is 166 g/mol. The zero-order valence-corrected chi connectivity index (χ0v) is 7.53. The monoisotopic (exact) mass is 166 g/mol. The minimum atomic E-state index is -1.64. The van der Waals surface area contributed by atoms with Crippen molar-refractivity contribution in [3.63, 3.8) is 0 Å². The van der Waals surface area contributed by atoms with Crippen molar-refractivity contribution in [1.82, 2.24) is 0 Å². The Labute approximate surface area is 63.5 Å². The summed E-state index contributed by atoms with van der Waals surface area (Å²) in [7, 11) is -1.64. The largest absolute Gasteiger partial charge is 0.377 e. The van der Waals surface area contributed by atoms with Crippen LogP contribution in [-0.4, -0.2) is 24.3 Å². The van der Waals surface area contributed by atoms with Gasteiger partial charge in [0.15, 0.2) is 0 Å². The minimum absolute atomic E-state index is 1.34. The van der Waals surface area contributed by atoms with Crippen molar-refractivity contribution >= 4 is 10.8 Å². The molecule has 0 atom stereocenters. The summed E-state index contributed by atoms with van der Waals surface area (Å²) in [4.78, 5) is -2.67. The fourth-order valence-electron chi connectivity index (χ4n) is 0.611. The Hall–Kier alpha value is 0.0700. The lowest BCUT2D eigenvalue weighted by Crippen LogP contribution is -2.39. The number of hydrogen-bond donors (Lipinski definition) is 2. The van der Waals surface area contributed by atoms with Crippen LogP contribution in [0.1, 0.15) is 27.7 Å². The van der Waals surface area contributed by atoms with Crippen LogP contribution in [0.3, 0.4) is 0 Å². The fraction of sp³-hybridized carbons (Fsp3) is 1.00. The zero-order valence-electron chi connectivity index (χ0n) is 6.71. The van der Waals surface area contributed by atoms with E-state index in [4.69, 9.17) is 10.2 Å². The molecular formula is C6H14O3S. The maximum atomic E-state index is 11.1. The maximum Gasteiger partial charge on any atom is 0.136 e. The Bertz CT molecular complexity index is 124. The molecule has 0 bridgehead atoms. The molecule has 0 aromatic rings. The van der Waals surface area contributed by atoms with Gasteiger partial charge < -0.3 is 10.2 Å². The Morgan fingerprint density at radius 3 is 1.20 bits per heavy atom. The van der Waals surface area contributed by atoms with E-state index in [1.165, 1.54) is 27.7 Å². The quantitative estimate of drug-likeness (QED) is 0.615. The molecule has 10 heavy (non-hydrogen) atoms. The molecule has 0 unspecified atom stereocenters. The van der Waals surface area contributed by atoms with E-state index < -0.39 is 20.7 Å². The Balaban J connectivity index is 4.40. The Morgan fingerprint density at radius 2 is 1.20 bits per heavy atom. The number of aliphatic hydroxyl groups is 2. The lowest BCUT2D eigenvalue weighted by atomic mass is 10.5. The summed E-state index contributed by atoms with van der Waals surface area (Å²) >= 11 is 0. The van der Waals surface area contributed by atoms with Crippen molar-refractivity contribution in [2.24, 2.45) is 0 Å². The highest BCUT2D eigenvalue weighted by atomic mass is 32.2. The first kappa shape index (κ1) is 10.1. The van der Waals surface area contributed by atoms with Gasteiger partial charge in [-0.05, 0) is 27.7 Å². The van der Waals surface area contributed by atoms with Crippen molar-refractivity contribution in [1.29, 1.82) is 0 Å². The molecule has 0 aromatic heterocycles. The summed E-state index contributed by atoms with van der Waals surface area (Å²) in [5.41, 5.74) is 0. The normalized spacial score (nSPS) is 14.3. The van der Waals surface area contributed by atoms with Gasteiger partial charge in [-0.1, -0.05) is 0 Å². The van der Waals surface area contributed by atoms with Crippen LogP contribution in [0.2, 0.25) is 0 Å². The van der Waals surface area contributed by atoms with Crippen LogP contribution in [0.4, 0.5) is 0 Å². The first-order chi connectivity index (χ1) is 4.15. The molecule has 3 nitrogen and oxygen atoms in total. The fourth-order valence-corrected chi connectivity index (χ4v) is 1.83. The maximum absolute atomic E-state index is 11.1. The third-order valence-electron chi connectivity index (χ3n) is 0.907. The summed E-state index contributed by atoms with van der Waals surface area (Å²) < 4.78 is 11.1. The highest BCUT2D eigenvalue weighted by Gasteiger charge is 2.33. The molecule has 0 aromatic carbocycles. The van der Waals surface area contributed by atoms with Gasteiger partial charge in [-0.15, -0.1) is 0 Å². The van der Waals surface area contributed by atoms with Crippen LogP contribution in [0.5, 0.6) is 0 Å². The van der Waals surface area contributed by atoms with Crippen LogP contribution in [0.25, 0.3) is 0 Å². The Kier molecular flexibility index (Phi) is 2.62. The van der Waals surface area contributed by atoms with Crippen LogP contribution in [0.15, 0.2) is 0 Å². The van der Waals surface area contributed by atoms with Gasteiger partial charge in [-0.25, -0.2) is 0 Å². The van der Waals surface area contributed by atoms with Crippen molar-refractivity contribution < 1.29 is 14.4 Å². The van der Waals surface area contributed by atoms with E-state index in [0.717, 1.165) is 0 Å². The summed E-state index contributed by atoms with van der Waals surface area (Å²) in [6.07, 6.45) is 0. The molecule has 0 heterocycles. The summed E-state index contributed by atoms with van der Waals surface area (Å²) in [5.74, 6) is 0. The molecule has 0 spiro atoms. The third-order valence-corrected chi connectivity index (χ3v) is 2.72. The number of hydrogen-bond acceptors (Lipinski definition) is 3. The van der Waals surface area contributed by atoms with Crippen molar-refractivity contribution in [2.45, 2.75) is 37.6 Å². The lowest BCUT2D eigenvalue weighted by molar-refractivity contribution is 0.133. The summed E-state index contributed by atoms with van der Waals surface area (Å²) in [6.45, 7) is 5.62. The SMILES string of the molecule is CC(C)(O)S(=O)C(C)(C)O. The second-order valence-corrected chi connectivity index (χ2v) is 5.70. The number of rotatable bonds is 2. The van der Waals surface area contributed by atoms with E-state index in [9.17, 15) is 4.21 Å². The van der Waals surface area contributed by atoms with Crippen molar-refractivity contribution in [2.75, 3.05) is 0 Å². The smallest absolute Gasteiger partial charge is 0.136 e. The average Bonchev–Trinajstić information content (AvgIpc) is 1.59. The second kappa shape index (κ2) is 2.60. The third kappa shape index (κ3) is 2.77.